The smallest absolute Gasteiger partial charge is 0.204 e. The van der Waals surface area contributed by atoms with Crippen LogP contribution in [-0.2, 0) is 6.54 Å². The van der Waals surface area contributed by atoms with Crippen LogP contribution in [0.3, 0.4) is 0 Å². The van der Waals surface area contributed by atoms with Crippen molar-refractivity contribution in [1.29, 1.82) is 0 Å². The van der Waals surface area contributed by atoms with Crippen LogP contribution >= 0.6 is 17.0 Å². The maximum Gasteiger partial charge on any atom is 0.204 e. The molecule has 0 atom stereocenters. The normalized spacial score (nSPS) is 10.5. The molecule has 0 spiro atoms. The molecular weight excluding hydrogens is 382 g/mol. The summed E-state index contributed by atoms with van der Waals surface area (Å²) >= 11 is 0. The maximum absolute atomic E-state index is 12.8. The van der Waals surface area contributed by atoms with E-state index >= 15 is 0 Å². The number of aromatic nitrogens is 2. The molecule has 25 heavy (non-hydrogen) atoms. The molecule has 0 radical (unpaired) electrons. The van der Waals surface area contributed by atoms with Crippen LogP contribution in [0, 0.1) is 13.8 Å². The average molecular weight is 404 g/mol. The zero-order valence-corrected chi connectivity index (χ0v) is 16.0. The maximum atomic E-state index is 12.8. The van der Waals surface area contributed by atoms with E-state index in [-0.39, 0.29) is 35.9 Å². The number of hydrogen-bond donors (Lipinski definition) is 2. The topological polar surface area (TPSA) is 67.2 Å². The fourth-order valence-corrected chi connectivity index (χ4v) is 2.80. The van der Waals surface area contributed by atoms with Gasteiger partial charge in [0.15, 0.2) is 5.78 Å². The van der Waals surface area contributed by atoms with Crippen molar-refractivity contribution < 1.29 is 9.90 Å². The Bertz CT molecular complexity index is 890. The average Bonchev–Trinajstić information content (AvgIpc) is 2.93. The van der Waals surface area contributed by atoms with Crippen molar-refractivity contribution in [1.82, 2.24) is 9.55 Å². The molecule has 5 nitrogen and oxygen atoms in total. The number of para-hydroxylation sites is 2. The van der Waals surface area contributed by atoms with E-state index in [0.29, 0.717) is 12.5 Å². The number of carbonyl (C=O) groups excluding carboxylic acids is 1. The van der Waals surface area contributed by atoms with Crippen molar-refractivity contribution in [2.75, 3.05) is 18.5 Å². The van der Waals surface area contributed by atoms with Gasteiger partial charge in [-0.25, -0.2) is 4.98 Å². The molecule has 3 rings (SSSR count). The van der Waals surface area contributed by atoms with Gasteiger partial charge in [-0.05, 0) is 37.6 Å². The molecule has 3 aromatic rings. The Morgan fingerprint density at radius 2 is 1.96 bits per heavy atom. The lowest BCUT2D eigenvalue weighted by Gasteiger charge is -2.11. The molecule has 0 saturated heterocycles. The van der Waals surface area contributed by atoms with Crippen molar-refractivity contribution in [3.05, 3.63) is 59.2 Å². The number of ketones is 1. The minimum Gasteiger partial charge on any atom is -0.395 e. The van der Waals surface area contributed by atoms with Gasteiger partial charge in [0.2, 0.25) is 5.95 Å². The third-order valence-corrected chi connectivity index (χ3v) is 4.04. The third-order valence-electron chi connectivity index (χ3n) is 4.04. The number of Topliss-reactive ketones (excluding diaryl/α,β-unsaturated/α-hetero) is 1. The van der Waals surface area contributed by atoms with E-state index in [2.05, 4.69) is 10.3 Å². The summed E-state index contributed by atoms with van der Waals surface area (Å²) in [6.45, 7) is 4.54. The van der Waals surface area contributed by atoms with Crippen LogP contribution in [0.4, 0.5) is 5.95 Å². The van der Waals surface area contributed by atoms with Gasteiger partial charge in [0.05, 0.1) is 24.2 Å². The van der Waals surface area contributed by atoms with Crippen molar-refractivity contribution in [3.8, 4) is 0 Å². The minimum atomic E-state index is 0. The molecule has 0 aliphatic rings. The first-order valence-electron chi connectivity index (χ1n) is 8.00. The van der Waals surface area contributed by atoms with Crippen molar-refractivity contribution in [2.45, 2.75) is 20.4 Å². The number of aliphatic hydroxyl groups is 1. The van der Waals surface area contributed by atoms with Gasteiger partial charge in [0, 0.05) is 12.1 Å². The predicted octanol–water partition coefficient (Wildman–Crippen LogP) is 3.52. The van der Waals surface area contributed by atoms with Gasteiger partial charge in [-0.1, -0.05) is 29.8 Å². The van der Waals surface area contributed by atoms with Gasteiger partial charge >= 0.3 is 0 Å². The van der Waals surface area contributed by atoms with Gasteiger partial charge in [-0.15, -0.1) is 17.0 Å². The number of fused-ring (bicyclic) bond motifs is 1. The number of anilines is 1. The number of benzene rings is 2. The summed E-state index contributed by atoms with van der Waals surface area (Å²) in [6, 6.07) is 13.6. The molecule has 0 bridgehead atoms. The molecule has 2 aromatic carbocycles. The second-order valence-corrected chi connectivity index (χ2v) is 5.90. The largest absolute Gasteiger partial charge is 0.395 e. The lowest BCUT2D eigenvalue weighted by atomic mass is 10.0. The van der Waals surface area contributed by atoms with E-state index in [1.807, 2.05) is 60.9 Å². The molecule has 0 fully saturated rings. The van der Waals surface area contributed by atoms with E-state index in [4.69, 9.17) is 5.11 Å². The molecule has 1 heterocycles. The fourth-order valence-electron chi connectivity index (χ4n) is 2.80. The second kappa shape index (κ2) is 8.27. The molecule has 0 unspecified atom stereocenters. The molecular formula is C19H22BrN3O2. The number of aliphatic hydroxyl groups excluding tert-OH is 1. The Kier molecular flexibility index (Phi) is 6.33. The standard InChI is InChI=1S/C19H21N3O2.BrH/c1-13-7-8-14(2)15(11-13)18(24)12-22-17-6-4-3-5-16(17)21-19(22)20-9-10-23;/h3-8,11,23H,9-10,12H2,1-2H3,(H,20,21);1H. The fraction of sp³-hybridized carbons (Fsp3) is 0.263. The number of carbonyl (C=O) groups is 1. The number of aryl methyl sites for hydroxylation is 2. The summed E-state index contributed by atoms with van der Waals surface area (Å²) in [5.41, 5.74) is 4.50. The minimum absolute atomic E-state index is 0. The van der Waals surface area contributed by atoms with Gasteiger partial charge in [-0.3, -0.25) is 4.79 Å². The molecule has 2 N–H and O–H groups in total. The Balaban J connectivity index is 0.00000225. The van der Waals surface area contributed by atoms with Gasteiger partial charge in [0.1, 0.15) is 0 Å². The monoisotopic (exact) mass is 403 g/mol. The quantitative estimate of drug-likeness (QED) is 0.617. The van der Waals surface area contributed by atoms with Gasteiger partial charge in [0.25, 0.3) is 0 Å². The van der Waals surface area contributed by atoms with Crippen LogP contribution in [0.25, 0.3) is 11.0 Å². The van der Waals surface area contributed by atoms with Crippen molar-refractivity contribution in [3.63, 3.8) is 0 Å². The van der Waals surface area contributed by atoms with E-state index < -0.39 is 0 Å². The van der Waals surface area contributed by atoms with E-state index in [9.17, 15) is 4.79 Å². The number of nitrogens with one attached hydrogen (secondary N) is 1. The first kappa shape index (κ1) is 19.1. The summed E-state index contributed by atoms with van der Waals surface area (Å²) in [5.74, 6) is 0.648. The van der Waals surface area contributed by atoms with Crippen LogP contribution in [0.1, 0.15) is 21.5 Å². The van der Waals surface area contributed by atoms with E-state index in [0.717, 1.165) is 27.7 Å². The summed E-state index contributed by atoms with van der Waals surface area (Å²) in [7, 11) is 0. The first-order chi connectivity index (χ1) is 11.6. The second-order valence-electron chi connectivity index (χ2n) is 5.90. The highest BCUT2D eigenvalue weighted by Gasteiger charge is 2.16. The molecule has 132 valence electrons. The Labute approximate surface area is 157 Å². The molecule has 0 saturated carbocycles. The van der Waals surface area contributed by atoms with E-state index in [1.54, 1.807) is 0 Å². The van der Waals surface area contributed by atoms with Crippen molar-refractivity contribution in [2.24, 2.45) is 0 Å². The summed E-state index contributed by atoms with van der Waals surface area (Å²) < 4.78 is 1.87. The zero-order valence-electron chi connectivity index (χ0n) is 14.3. The highest BCUT2D eigenvalue weighted by atomic mass is 79.9. The first-order valence-corrected chi connectivity index (χ1v) is 8.00. The number of nitrogens with zero attached hydrogens (tertiary/aromatic N) is 2. The Morgan fingerprint density at radius 1 is 1.20 bits per heavy atom. The third kappa shape index (κ3) is 4.08. The highest BCUT2D eigenvalue weighted by molar-refractivity contribution is 8.93. The number of imidazole rings is 1. The summed E-state index contributed by atoms with van der Waals surface area (Å²) in [4.78, 5) is 17.4. The zero-order chi connectivity index (χ0) is 17.1. The number of hydrogen-bond acceptors (Lipinski definition) is 4. The summed E-state index contributed by atoms with van der Waals surface area (Å²) in [5, 5.41) is 12.1. The van der Waals surface area contributed by atoms with Crippen LogP contribution < -0.4 is 5.32 Å². The van der Waals surface area contributed by atoms with Gasteiger partial charge < -0.3 is 15.0 Å². The Morgan fingerprint density at radius 3 is 2.72 bits per heavy atom. The van der Waals surface area contributed by atoms with Crippen LogP contribution in [0.2, 0.25) is 0 Å². The van der Waals surface area contributed by atoms with Gasteiger partial charge in [-0.2, -0.15) is 0 Å². The molecule has 0 amide bonds. The Hall–Kier alpha value is -2.18. The van der Waals surface area contributed by atoms with Crippen LogP contribution in [0.15, 0.2) is 42.5 Å². The van der Waals surface area contributed by atoms with Crippen molar-refractivity contribution >= 4 is 39.7 Å². The lowest BCUT2D eigenvalue weighted by Crippen LogP contribution is -2.16. The van der Waals surface area contributed by atoms with Crippen LogP contribution in [0.5, 0.6) is 0 Å². The SMILES string of the molecule is Br.Cc1ccc(C)c(C(=O)Cn2c(NCCO)nc3ccccc32)c1. The van der Waals surface area contributed by atoms with Crippen LogP contribution in [-0.4, -0.2) is 33.6 Å². The predicted molar refractivity (Wildman–Crippen MR) is 106 cm³/mol. The highest BCUT2D eigenvalue weighted by Crippen LogP contribution is 2.21. The molecule has 6 heteroatoms. The number of halogens is 1. The lowest BCUT2D eigenvalue weighted by molar-refractivity contribution is 0.0973. The molecule has 0 aliphatic heterocycles. The number of rotatable bonds is 6. The molecule has 0 aliphatic carbocycles. The summed E-state index contributed by atoms with van der Waals surface area (Å²) in [6.07, 6.45) is 0. The molecule has 1 aromatic heterocycles. The van der Waals surface area contributed by atoms with E-state index in [1.165, 1.54) is 0 Å².